The highest BCUT2D eigenvalue weighted by molar-refractivity contribution is 5.79. The van der Waals surface area contributed by atoms with E-state index in [0.29, 0.717) is 6.54 Å². The van der Waals surface area contributed by atoms with Crippen molar-refractivity contribution < 1.29 is 19.1 Å². The van der Waals surface area contributed by atoms with Crippen LogP contribution in [0.15, 0.2) is 24.3 Å². The highest BCUT2D eigenvalue weighted by Crippen LogP contribution is 2.08. The van der Waals surface area contributed by atoms with Crippen molar-refractivity contribution in [3.63, 3.8) is 0 Å². The number of benzene rings is 1. The van der Waals surface area contributed by atoms with Gasteiger partial charge in [0.05, 0.1) is 12.8 Å². The molecule has 1 aromatic carbocycles. The third-order valence-corrected chi connectivity index (χ3v) is 3.25. The van der Waals surface area contributed by atoms with Gasteiger partial charge in [0.25, 0.3) is 0 Å². The highest BCUT2D eigenvalue weighted by atomic mass is 19.1. The van der Waals surface area contributed by atoms with Gasteiger partial charge in [0.15, 0.2) is 0 Å². The molecule has 1 amide bonds. The molecule has 0 heterocycles. The van der Waals surface area contributed by atoms with Crippen LogP contribution in [0.3, 0.4) is 0 Å². The molecule has 21 heavy (non-hydrogen) atoms. The zero-order chi connectivity index (χ0) is 15.7. The molecule has 4 nitrogen and oxygen atoms in total. The second-order valence-electron chi connectivity index (χ2n) is 5.03. The average molecular weight is 295 g/mol. The first-order chi connectivity index (χ1) is 10.0. The molecule has 116 valence electrons. The highest BCUT2D eigenvalue weighted by Gasteiger charge is 2.15. The number of carbonyl (C=O) groups excluding carboxylic acids is 1. The summed E-state index contributed by atoms with van der Waals surface area (Å²) in [5, 5.41) is 8.76. The lowest BCUT2D eigenvalue weighted by Gasteiger charge is -2.22. The minimum absolute atomic E-state index is 0.0543. The number of carboxylic acids is 1. The van der Waals surface area contributed by atoms with Gasteiger partial charge in [-0.1, -0.05) is 31.9 Å². The topological polar surface area (TPSA) is 57.6 Å². The molecule has 0 unspecified atom stereocenters. The lowest BCUT2D eigenvalue weighted by Crippen LogP contribution is -2.35. The van der Waals surface area contributed by atoms with Crippen molar-refractivity contribution in [1.82, 2.24) is 4.90 Å². The Morgan fingerprint density at radius 3 is 2.38 bits per heavy atom. The Balaban J connectivity index is 2.59. The number of hydrogen-bond acceptors (Lipinski definition) is 2. The van der Waals surface area contributed by atoms with Crippen LogP contribution < -0.4 is 0 Å². The van der Waals surface area contributed by atoms with E-state index in [4.69, 9.17) is 5.11 Å². The molecule has 5 heteroatoms. The fourth-order valence-electron chi connectivity index (χ4n) is 2.03. The Hall–Kier alpha value is -1.91. The van der Waals surface area contributed by atoms with Crippen LogP contribution in [0.2, 0.25) is 0 Å². The molecule has 1 aromatic rings. The van der Waals surface area contributed by atoms with Crippen LogP contribution in [0.1, 0.15) is 38.2 Å². The largest absolute Gasteiger partial charge is 0.481 e. The van der Waals surface area contributed by atoms with Gasteiger partial charge in [-0.2, -0.15) is 0 Å². The van der Waals surface area contributed by atoms with Crippen LogP contribution in [0.4, 0.5) is 4.39 Å². The summed E-state index contributed by atoms with van der Waals surface area (Å²) in [7, 11) is 0. The van der Waals surface area contributed by atoms with Gasteiger partial charge >= 0.3 is 5.97 Å². The van der Waals surface area contributed by atoms with E-state index in [0.717, 1.165) is 24.8 Å². The number of amides is 1. The molecule has 0 fully saturated rings. The van der Waals surface area contributed by atoms with Crippen LogP contribution in [-0.4, -0.2) is 35.0 Å². The van der Waals surface area contributed by atoms with E-state index >= 15 is 0 Å². The number of hydrogen-bond donors (Lipinski definition) is 1. The molecule has 1 N–H and O–H groups in total. The Bertz CT molecular complexity index is 459. The zero-order valence-electron chi connectivity index (χ0n) is 12.3. The molecule has 0 aliphatic rings. The van der Waals surface area contributed by atoms with E-state index in [1.54, 1.807) is 17.0 Å². The SMILES string of the molecule is CCCCCN(CCC(=O)O)C(=O)Cc1ccc(F)cc1. The van der Waals surface area contributed by atoms with Gasteiger partial charge in [0.2, 0.25) is 5.91 Å². The lowest BCUT2D eigenvalue weighted by molar-refractivity contribution is -0.138. The van der Waals surface area contributed by atoms with Crippen LogP contribution >= 0.6 is 0 Å². The van der Waals surface area contributed by atoms with Crippen molar-refractivity contribution in [3.8, 4) is 0 Å². The van der Waals surface area contributed by atoms with E-state index in [9.17, 15) is 14.0 Å². The van der Waals surface area contributed by atoms with Crippen LogP contribution in [-0.2, 0) is 16.0 Å². The fraction of sp³-hybridized carbons (Fsp3) is 0.500. The number of aliphatic carboxylic acids is 1. The van der Waals surface area contributed by atoms with Gasteiger partial charge in [-0.15, -0.1) is 0 Å². The summed E-state index contributed by atoms with van der Waals surface area (Å²) in [5.74, 6) is -1.36. The second-order valence-corrected chi connectivity index (χ2v) is 5.03. The van der Waals surface area contributed by atoms with Crippen LogP contribution in [0.25, 0.3) is 0 Å². The third kappa shape index (κ3) is 6.88. The summed E-state index contributed by atoms with van der Waals surface area (Å²) in [6.45, 7) is 2.86. The van der Waals surface area contributed by atoms with E-state index in [1.807, 2.05) is 0 Å². The quantitative estimate of drug-likeness (QED) is 0.713. The Morgan fingerprint density at radius 1 is 1.14 bits per heavy atom. The maximum absolute atomic E-state index is 12.8. The molecular weight excluding hydrogens is 273 g/mol. The molecule has 0 aromatic heterocycles. The van der Waals surface area contributed by atoms with Crippen molar-refractivity contribution in [3.05, 3.63) is 35.6 Å². The number of nitrogens with zero attached hydrogens (tertiary/aromatic N) is 1. The molecule has 0 spiro atoms. The summed E-state index contributed by atoms with van der Waals surface area (Å²) < 4.78 is 12.8. The molecule has 0 saturated heterocycles. The van der Waals surface area contributed by atoms with Crippen molar-refractivity contribution in [2.45, 2.75) is 39.0 Å². The fourth-order valence-corrected chi connectivity index (χ4v) is 2.03. The van der Waals surface area contributed by atoms with Crippen molar-refractivity contribution in [1.29, 1.82) is 0 Å². The first-order valence-corrected chi connectivity index (χ1v) is 7.27. The first-order valence-electron chi connectivity index (χ1n) is 7.27. The van der Waals surface area contributed by atoms with Gasteiger partial charge < -0.3 is 10.0 Å². The third-order valence-electron chi connectivity index (χ3n) is 3.25. The molecule has 1 rings (SSSR count). The number of halogens is 1. The Morgan fingerprint density at radius 2 is 1.81 bits per heavy atom. The molecule has 0 atom stereocenters. The van der Waals surface area contributed by atoms with Crippen molar-refractivity contribution in [2.75, 3.05) is 13.1 Å². The summed E-state index contributed by atoms with van der Waals surface area (Å²) in [6.07, 6.45) is 3.03. The lowest BCUT2D eigenvalue weighted by atomic mass is 10.1. The molecule has 0 bridgehead atoms. The Kier molecular flexibility index (Phi) is 7.43. The predicted molar refractivity (Wildman–Crippen MR) is 78.5 cm³/mol. The maximum Gasteiger partial charge on any atom is 0.305 e. The molecular formula is C16H22FNO3. The summed E-state index contributed by atoms with van der Waals surface area (Å²) in [4.78, 5) is 24.5. The van der Waals surface area contributed by atoms with E-state index in [2.05, 4.69) is 6.92 Å². The molecule has 0 radical (unpaired) electrons. The number of unbranched alkanes of at least 4 members (excludes halogenated alkanes) is 2. The Labute approximate surface area is 124 Å². The second kappa shape index (κ2) is 9.10. The summed E-state index contributed by atoms with van der Waals surface area (Å²) in [6, 6.07) is 5.80. The summed E-state index contributed by atoms with van der Waals surface area (Å²) in [5.41, 5.74) is 0.734. The van der Waals surface area contributed by atoms with Gasteiger partial charge in [0.1, 0.15) is 5.82 Å². The van der Waals surface area contributed by atoms with Crippen LogP contribution in [0.5, 0.6) is 0 Å². The van der Waals surface area contributed by atoms with Crippen molar-refractivity contribution in [2.24, 2.45) is 0 Å². The maximum atomic E-state index is 12.8. The zero-order valence-corrected chi connectivity index (χ0v) is 12.3. The molecule has 0 saturated carbocycles. The predicted octanol–water partition coefficient (Wildman–Crippen LogP) is 2.86. The molecule has 0 aliphatic heterocycles. The van der Waals surface area contributed by atoms with Gasteiger partial charge in [-0.3, -0.25) is 9.59 Å². The van der Waals surface area contributed by atoms with E-state index < -0.39 is 5.97 Å². The van der Waals surface area contributed by atoms with Gasteiger partial charge in [-0.05, 0) is 24.1 Å². The normalized spacial score (nSPS) is 10.4. The number of carboxylic acid groups (broad SMARTS) is 1. The molecule has 0 aliphatic carbocycles. The number of carbonyl (C=O) groups is 2. The van der Waals surface area contributed by atoms with E-state index in [1.165, 1.54) is 12.1 Å². The van der Waals surface area contributed by atoms with Crippen LogP contribution in [0, 0.1) is 5.82 Å². The summed E-state index contributed by atoms with van der Waals surface area (Å²) >= 11 is 0. The number of rotatable bonds is 9. The van der Waals surface area contributed by atoms with E-state index in [-0.39, 0.29) is 31.1 Å². The first kappa shape index (κ1) is 17.1. The standard InChI is InChI=1S/C16H22FNO3/c1-2-3-4-10-18(11-9-16(20)21)15(19)12-13-5-7-14(17)8-6-13/h5-8H,2-4,9-12H2,1H3,(H,20,21). The van der Waals surface area contributed by atoms with Gasteiger partial charge in [0, 0.05) is 13.1 Å². The average Bonchev–Trinajstić information content (AvgIpc) is 2.44. The monoisotopic (exact) mass is 295 g/mol. The minimum atomic E-state index is -0.912. The minimum Gasteiger partial charge on any atom is -0.481 e. The van der Waals surface area contributed by atoms with Gasteiger partial charge in [-0.25, -0.2) is 4.39 Å². The van der Waals surface area contributed by atoms with Crippen molar-refractivity contribution >= 4 is 11.9 Å². The smallest absolute Gasteiger partial charge is 0.305 e.